The Morgan fingerprint density at radius 1 is 1.17 bits per heavy atom. The number of hydrogen-bond donors (Lipinski definition) is 2. The Hall–Kier alpha value is -2.79. The number of nitrogens with one attached hydrogen (secondary N) is 1. The molecule has 0 radical (unpaired) electrons. The molecule has 2 N–H and O–H groups in total. The summed E-state index contributed by atoms with van der Waals surface area (Å²) in [4.78, 5) is 15.5. The maximum absolute atomic E-state index is 13.1. The van der Waals surface area contributed by atoms with Crippen molar-refractivity contribution < 1.29 is 14.3 Å². The van der Waals surface area contributed by atoms with Crippen LogP contribution in [0.1, 0.15) is 53.4 Å². The molecule has 152 valence electrons. The molecule has 4 rings (SSSR count). The number of carbonyl (C=O) groups is 1. The normalized spacial score (nSPS) is 17.6. The summed E-state index contributed by atoms with van der Waals surface area (Å²) in [7, 11) is 0. The Labute approximate surface area is 171 Å². The van der Waals surface area contributed by atoms with E-state index in [2.05, 4.69) is 17.1 Å². The summed E-state index contributed by atoms with van der Waals surface area (Å²) in [6, 6.07) is 11.6. The van der Waals surface area contributed by atoms with Gasteiger partial charge in [0.25, 0.3) is 5.91 Å². The molecule has 1 atom stereocenters. The van der Waals surface area contributed by atoms with E-state index in [0.29, 0.717) is 34.9 Å². The van der Waals surface area contributed by atoms with Gasteiger partial charge in [-0.3, -0.25) is 9.69 Å². The van der Waals surface area contributed by atoms with Crippen molar-refractivity contribution in [1.82, 2.24) is 4.90 Å². The van der Waals surface area contributed by atoms with Gasteiger partial charge in [0.05, 0.1) is 5.56 Å². The number of nitrogens with zero attached hydrogens (tertiary/aromatic N) is 1. The van der Waals surface area contributed by atoms with Crippen LogP contribution in [-0.2, 0) is 6.54 Å². The number of phenols is 1. The molecule has 1 aliphatic heterocycles. The minimum atomic E-state index is -0.219. The van der Waals surface area contributed by atoms with E-state index in [9.17, 15) is 9.90 Å². The second-order valence-electron chi connectivity index (χ2n) is 8.11. The number of benzene rings is 2. The summed E-state index contributed by atoms with van der Waals surface area (Å²) < 4.78 is 5.90. The highest BCUT2D eigenvalue weighted by molar-refractivity contribution is 6.14. The number of phenolic OH excluding ortho intramolecular Hbond substituents is 1. The summed E-state index contributed by atoms with van der Waals surface area (Å²) in [5.41, 5.74) is 3.77. The number of likely N-dealkylation sites (tertiary alicyclic amines) is 1. The van der Waals surface area contributed by atoms with E-state index in [0.717, 1.165) is 36.2 Å². The van der Waals surface area contributed by atoms with E-state index in [-0.39, 0.29) is 11.7 Å². The number of aryl methyl sites for hydroxylation is 2. The summed E-state index contributed by atoms with van der Waals surface area (Å²) in [5, 5.41) is 14.3. The molecule has 5 heteroatoms. The van der Waals surface area contributed by atoms with Crippen LogP contribution in [-0.4, -0.2) is 28.5 Å². The third-order valence-electron chi connectivity index (χ3n) is 5.95. The van der Waals surface area contributed by atoms with Crippen molar-refractivity contribution >= 4 is 22.6 Å². The molecule has 3 aromatic rings. The Balaban J connectivity index is 1.73. The first-order valence-electron chi connectivity index (χ1n) is 10.3. The first kappa shape index (κ1) is 19.5. The zero-order chi connectivity index (χ0) is 20.5. The largest absolute Gasteiger partial charge is 0.508 e. The molecule has 1 amide bonds. The molecule has 29 heavy (non-hydrogen) atoms. The molecule has 0 saturated carbocycles. The molecular formula is C24H28N2O3. The van der Waals surface area contributed by atoms with Gasteiger partial charge in [0.15, 0.2) is 0 Å². The standard InChI is InChI=1S/C24H28N2O3/c1-15-7-9-18(10-8-15)25-24(28)22-17(3)29-21-12-11-20(27)19(23(21)22)14-26-13-5-4-6-16(26)2/h7-12,16,27H,4-6,13-14H2,1-3H3,(H,25,28). The van der Waals surface area contributed by atoms with Crippen molar-refractivity contribution in [1.29, 1.82) is 0 Å². The Bertz CT molecular complexity index is 1040. The number of amides is 1. The highest BCUT2D eigenvalue weighted by Gasteiger charge is 2.26. The van der Waals surface area contributed by atoms with Gasteiger partial charge >= 0.3 is 0 Å². The lowest BCUT2D eigenvalue weighted by atomic mass is 9.99. The van der Waals surface area contributed by atoms with Gasteiger partial charge in [0, 0.05) is 29.2 Å². The topological polar surface area (TPSA) is 65.7 Å². The van der Waals surface area contributed by atoms with Crippen LogP contribution >= 0.6 is 0 Å². The van der Waals surface area contributed by atoms with E-state index in [1.165, 1.54) is 6.42 Å². The van der Waals surface area contributed by atoms with E-state index in [4.69, 9.17) is 4.42 Å². The minimum absolute atomic E-state index is 0.209. The van der Waals surface area contributed by atoms with Crippen LogP contribution in [0, 0.1) is 13.8 Å². The van der Waals surface area contributed by atoms with Gasteiger partial charge in [-0.15, -0.1) is 0 Å². The van der Waals surface area contributed by atoms with E-state index < -0.39 is 0 Å². The Kier molecular flexibility index (Phi) is 5.33. The van der Waals surface area contributed by atoms with E-state index >= 15 is 0 Å². The molecule has 2 aromatic carbocycles. The van der Waals surface area contributed by atoms with Crippen molar-refractivity contribution in [2.45, 2.75) is 52.6 Å². The predicted molar refractivity (Wildman–Crippen MR) is 115 cm³/mol. The molecule has 2 heterocycles. The van der Waals surface area contributed by atoms with Gasteiger partial charge in [0.2, 0.25) is 0 Å². The molecule has 1 aromatic heterocycles. The van der Waals surface area contributed by atoms with Crippen LogP contribution in [0.3, 0.4) is 0 Å². The number of furan rings is 1. The predicted octanol–water partition coefficient (Wildman–Crippen LogP) is 5.38. The lowest BCUT2D eigenvalue weighted by Crippen LogP contribution is -2.36. The highest BCUT2D eigenvalue weighted by Crippen LogP contribution is 2.36. The third-order valence-corrected chi connectivity index (χ3v) is 5.95. The average Bonchev–Trinajstić information content (AvgIpc) is 3.03. The Morgan fingerprint density at radius 3 is 2.66 bits per heavy atom. The smallest absolute Gasteiger partial charge is 0.259 e. The second kappa shape index (κ2) is 7.91. The van der Waals surface area contributed by atoms with Crippen LogP contribution in [0.2, 0.25) is 0 Å². The number of piperidine rings is 1. The average molecular weight is 392 g/mol. The fourth-order valence-electron chi connectivity index (χ4n) is 4.23. The number of hydrogen-bond acceptors (Lipinski definition) is 4. The van der Waals surface area contributed by atoms with E-state index in [1.807, 2.05) is 31.2 Å². The highest BCUT2D eigenvalue weighted by atomic mass is 16.3. The molecule has 0 spiro atoms. The number of carbonyl (C=O) groups excluding carboxylic acids is 1. The molecule has 0 bridgehead atoms. The third kappa shape index (κ3) is 3.87. The van der Waals surface area contributed by atoms with Gasteiger partial charge in [-0.25, -0.2) is 0 Å². The molecule has 1 fully saturated rings. The van der Waals surface area contributed by atoms with Crippen LogP contribution in [0.15, 0.2) is 40.8 Å². The quantitative estimate of drug-likeness (QED) is 0.625. The lowest BCUT2D eigenvalue weighted by molar-refractivity contribution is 0.102. The fraction of sp³-hybridized carbons (Fsp3) is 0.375. The van der Waals surface area contributed by atoms with Gasteiger partial charge in [-0.1, -0.05) is 24.1 Å². The SMILES string of the molecule is Cc1ccc(NC(=O)c2c(C)oc3ccc(O)c(CN4CCCCC4C)c23)cc1. The van der Waals surface area contributed by atoms with Crippen LogP contribution in [0.4, 0.5) is 5.69 Å². The van der Waals surface area contributed by atoms with Gasteiger partial charge in [0.1, 0.15) is 17.1 Å². The van der Waals surface area contributed by atoms with E-state index in [1.54, 1.807) is 19.1 Å². The zero-order valence-corrected chi connectivity index (χ0v) is 17.3. The molecule has 1 unspecified atom stereocenters. The fourth-order valence-corrected chi connectivity index (χ4v) is 4.23. The molecule has 5 nitrogen and oxygen atoms in total. The number of fused-ring (bicyclic) bond motifs is 1. The summed E-state index contributed by atoms with van der Waals surface area (Å²) >= 11 is 0. The van der Waals surface area contributed by atoms with Crippen molar-refractivity contribution in [3.63, 3.8) is 0 Å². The number of anilines is 1. The monoisotopic (exact) mass is 392 g/mol. The summed E-state index contributed by atoms with van der Waals surface area (Å²) in [6.45, 7) is 7.64. The van der Waals surface area contributed by atoms with Crippen molar-refractivity contribution in [2.24, 2.45) is 0 Å². The Morgan fingerprint density at radius 2 is 1.93 bits per heavy atom. The zero-order valence-electron chi connectivity index (χ0n) is 17.3. The number of aromatic hydroxyl groups is 1. The number of rotatable bonds is 4. The maximum Gasteiger partial charge on any atom is 0.259 e. The molecule has 1 saturated heterocycles. The maximum atomic E-state index is 13.1. The van der Waals surface area contributed by atoms with Crippen molar-refractivity contribution in [2.75, 3.05) is 11.9 Å². The van der Waals surface area contributed by atoms with Crippen molar-refractivity contribution in [3.8, 4) is 5.75 Å². The second-order valence-corrected chi connectivity index (χ2v) is 8.11. The summed E-state index contributed by atoms with van der Waals surface area (Å²) in [6.07, 6.45) is 3.55. The van der Waals surface area contributed by atoms with Crippen molar-refractivity contribution in [3.05, 3.63) is 58.8 Å². The van der Waals surface area contributed by atoms with Gasteiger partial charge < -0.3 is 14.8 Å². The first-order valence-corrected chi connectivity index (χ1v) is 10.3. The minimum Gasteiger partial charge on any atom is -0.508 e. The summed E-state index contributed by atoms with van der Waals surface area (Å²) in [5.74, 6) is 0.548. The van der Waals surface area contributed by atoms with Gasteiger partial charge in [-0.05, 0) is 64.4 Å². The van der Waals surface area contributed by atoms with Crippen LogP contribution in [0.5, 0.6) is 5.75 Å². The van der Waals surface area contributed by atoms with Crippen LogP contribution in [0.25, 0.3) is 11.0 Å². The van der Waals surface area contributed by atoms with Crippen LogP contribution < -0.4 is 5.32 Å². The molecular weight excluding hydrogens is 364 g/mol. The lowest BCUT2D eigenvalue weighted by Gasteiger charge is -2.33. The molecule has 1 aliphatic rings. The van der Waals surface area contributed by atoms with Gasteiger partial charge in [-0.2, -0.15) is 0 Å². The molecule has 0 aliphatic carbocycles. The first-order chi connectivity index (χ1) is 13.9.